The number of halogens is 1. The number of aryl methyl sites for hydroxylation is 1. The van der Waals surface area contributed by atoms with Crippen LogP contribution >= 0.6 is 11.6 Å². The number of anilines is 1. The van der Waals surface area contributed by atoms with E-state index in [2.05, 4.69) is 84.2 Å². The van der Waals surface area contributed by atoms with Crippen molar-refractivity contribution in [2.45, 2.75) is 114 Å². The Bertz CT molecular complexity index is 1850. The van der Waals surface area contributed by atoms with Crippen molar-refractivity contribution in [1.29, 1.82) is 0 Å². The molecule has 2 fully saturated rings. The fourth-order valence-electron chi connectivity index (χ4n) is 10.9. The van der Waals surface area contributed by atoms with Crippen molar-refractivity contribution in [2.75, 3.05) is 57.9 Å². The zero-order valence-corrected chi connectivity index (χ0v) is 35.7. The van der Waals surface area contributed by atoms with Gasteiger partial charge in [-0.25, -0.2) is 4.21 Å². The summed E-state index contributed by atoms with van der Waals surface area (Å²) in [5.74, 6) is 5.39. The van der Waals surface area contributed by atoms with Crippen molar-refractivity contribution in [2.24, 2.45) is 17.8 Å². The van der Waals surface area contributed by atoms with E-state index in [1.807, 2.05) is 31.4 Å². The van der Waals surface area contributed by atoms with E-state index >= 15 is 0 Å². The van der Waals surface area contributed by atoms with Gasteiger partial charge in [0.15, 0.2) is 0 Å². The third kappa shape index (κ3) is 8.12. The van der Waals surface area contributed by atoms with Crippen molar-refractivity contribution >= 4 is 38.8 Å². The molecule has 10 heteroatoms. The summed E-state index contributed by atoms with van der Waals surface area (Å²) in [5, 5.41) is 0.505. The van der Waals surface area contributed by atoms with Crippen molar-refractivity contribution in [3.8, 4) is 5.75 Å². The molecule has 3 heterocycles. The van der Waals surface area contributed by atoms with E-state index in [-0.39, 0.29) is 22.5 Å². The quantitative estimate of drug-likeness (QED) is 0.237. The van der Waals surface area contributed by atoms with Gasteiger partial charge in [-0.3, -0.25) is 19.3 Å². The minimum atomic E-state index is -2.98. The second kappa shape index (κ2) is 16.4. The highest BCUT2D eigenvalue weighted by atomic mass is 35.5. The number of benzene rings is 2. The molecule has 8 atom stereocenters. The van der Waals surface area contributed by atoms with Crippen LogP contribution in [0.4, 0.5) is 5.69 Å². The van der Waals surface area contributed by atoms with Crippen molar-refractivity contribution < 1.29 is 18.5 Å². The summed E-state index contributed by atoms with van der Waals surface area (Å²) in [6, 6.07) is 13.1. The summed E-state index contributed by atoms with van der Waals surface area (Å²) < 4.78 is 31.0. The normalized spacial score (nSPS) is 35.2. The lowest BCUT2D eigenvalue weighted by molar-refractivity contribution is -0.0992. The van der Waals surface area contributed by atoms with Crippen molar-refractivity contribution in [3.05, 3.63) is 70.3 Å². The monoisotopic (exact) mass is 792 g/mol. The van der Waals surface area contributed by atoms with E-state index in [0.717, 1.165) is 107 Å². The van der Waals surface area contributed by atoms with Crippen LogP contribution in [0.25, 0.3) is 0 Å². The number of hydrogen-bond donors (Lipinski definition) is 1. The molecule has 8 nitrogen and oxygen atoms in total. The van der Waals surface area contributed by atoms with Gasteiger partial charge < -0.3 is 14.4 Å². The minimum Gasteiger partial charge on any atom is -0.490 e. The predicted octanol–water partition coefficient (Wildman–Crippen LogP) is 7.76. The van der Waals surface area contributed by atoms with Gasteiger partial charge >= 0.3 is 0 Å². The van der Waals surface area contributed by atoms with Crippen LogP contribution in [0, 0.1) is 17.8 Å². The number of nitrogens with zero attached hydrogens (tertiary/aromatic N) is 3. The zero-order chi connectivity index (χ0) is 39.1. The molecular formula is C45H65ClN4O4S. The lowest BCUT2D eigenvalue weighted by Gasteiger charge is -2.53. The molecule has 2 aromatic rings. The third-order valence-electron chi connectivity index (χ3n) is 13.9. The second-order valence-electron chi connectivity index (χ2n) is 17.9. The first-order chi connectivity index (χ1) is 26.3. The highest BCUT2D eigenvalue weighted by Crippen LogP contribution is 2.49. The summed E-state index contributed by atoms with van der Waals surface area (Å²) in [6.07, 6.45) is 12.3. The van der Waals surface area contributed by atoms with Gasteiger partial charge in [0.25, 0.3) is 5.91 Å². The van der Waals surface area contributed by atoms with Crippen LogP contribution in [0.3, 0.4) is 0 Å². The number of carbonyl (C=O) groups excluding carboxylic acids is 1. The van der Waals surface area contributed by atoms with Gasteiger partial charge in [-0.15, -0.1) is 0 Å². The molecule has 2 aliphatic carbocycles. The van der Waals surface area contributed by atoms with Gasteiger partial charge in [0.2, 0.25) is 0 Å². The molecule has 1 N–H and O–H groups in total. The molecule has 1 saturated carbocycles. The van der Waals surface area contributed by atoms with Gasteiger partial charge in [-0.05, 0) is 131 Å². The summed E-state index contributed by atoms with van der Waals surface area (Å²) >= 11 is 6.54. The van der Waals surface area contributed by atoms with Gasteiger partial charge in [0, 0.05) is 79.7 Å². The smallest absolute Gasteiger partial charge is 0.262 e. The average molecular weight is 794 g/mol. The first-order valence-electron chi connectivity index (χ1n) is 21.0. The number of fused-ring (bicyclic) bond motifs is 4. The summed E-state index contributed by atoms with van der Waals surface area (Å²) in [6.45, 7) is 17.3. The molecule has 7 rings (SSSR count). The Morgan fingerprint density at radius 3 is 2.65 bits per heavy atom. The van der Waals surface area contributed by atoms with E-state index in [1.165, 1.54) is 11.1 Å². The number of amides is 1. The van der Waals surface area contributed by atoms with E-state index in [4.69, 9.17) is 21.1 Å². The Kier molecular flexibility index (Phi) is 12.1. The highest BCUT2D eigenvalue weighted by Gasteiger charge is 2.50. The van der Waals surface area contributed by atoms with Crippen LogP contribution in [0.2, 0.25) is 5.02 Å². The van der Waals surface area contributed by atoms with Crippen LogP contribution in [0.15, 0.2) is 48.6 Å². The Morgan fingerprint density at radius 1 is 1.13 bits per heavy atom. The lowest BCUT2D eigenvalue weighted by Crippen LogP contribution is -2.61. The predicted molar refractivity (Wildman–Crippen MR) is 228 cm³/mol. The Hall–Kier alpha value is -2.56. The molecule has 2 bridgehead atoms. The maximum absolute atomic E-state index is 14.5. The molecule has 1 amide bonds. The number of allylic oxidation sites excluding steroid dienone is 1. The summed E-state index contributed by atoms with van der Waals surface area (Å²) in [5.41, 5.74) is 3.34. The van der Waals surface area contributed by atoms with Gasteiger partial charge in [0.1, 0.15) is 11.4 Å². The number of methoxy groups -OCH3 is 1. The number of ether oxygens (including phenoxy) is 2. The molecule has 2 aromatic carbocycles. The van der Waals surface area contributed by atoms with Crippen LogP contribution in [-0.4, -0.2) is 102 Å². The topological polar surface area (TPSA) is 74.4 Å². The number of piperazine rings is 1. The number of nitrogens with one attached hydrogen (secondary N) is 1. The highest BCUT2D eigenvalue weighted by molar-refractivity contribution is 7.99. The first kappa shape index (κ1) is 40.6. The molecular weight excluding hydrogens is 728 g/mol. The van der Waals surface area contributed by atoms with Gasteiger partial charge in [-0.1, -0.05) is 50.1 Å². The van der Waals surface area contributed by atoms with Gasteiger partial charge in [0.05, 0.1) is 22.0 Å². The third-order valence-corrected chi connectivity index (χ3v) is 16.4. The van der Waals surface area contributed by atoms with Crippen LogP contribution in [0.1, 0.15) is 101 Å². The summed E-state index contributed by atoms with van der Waals surface area (Å²) in [7, 11) is -1.07. The molecule has 1 unspecified atom stereocenters. The largest absolute Gasteiger partial charge is 0.490 e. The molecule has 0 aromatic heterocycles. The van der Waals surface area contributed by atoms with Crippen LogP contribution in [0.5, 0.6) is 5.75 Å². The maximum atomic E-state index is 14.5. The molecule has 0 radical (unpaired) electrons. The van der Waals surface area contributed by atoms with Crippen molar-refractivity contribution in [3.63, 3.8) is 0 Å². The standard InChI is InChI=1S/C45H65ClN4O4S/c1-8-11-42-32(4)12-9-21-45(53-6,29-48-22-23-50(31(2)3)33(5)26-48)39-17-14-36(39)27-49-28-44(20-10-13-34-24-37(46)16-18-38(34)44)30-54-41-19-15-35(25-40(41)49)43(51)47-55(42,7)52/h9,15-16,18-19,21,24-25,31-33,36,39,42H,7-8,10-14,17,20,22-23,26-30H2,1-6H3,(H,47,51,52)/b21-9+/t32-,33+,36-,39+,42+,44-,45-,55?/m0/s1. The molecule has 55 heavy (non-hydrogen) atoms. The second-order valence-corrected chi connectivity index (χ2v) is 20.6. The fraction of sp³-hybridized carbons (Fsp3) is 0.644. The average Bonchev–Trinajstić information content (AvgIpc) is 3.28. The number of hydrogen-bond acceptors (Lipinski definition) is 7. The summed E-state index contributed by atoms with van der Waals surface area (Å²) in [4.78, 5) is 21.8. The Morgan fingerprint density at radius 2 is 1.95 bits per heavy atom. The van der Waals surface area contributed by atoms with Crippen molar-refractivity contribution in [1.82, 2.24) is 14.5 Å². The van der Waals surface area contributed by atoms with E-state index in [1.54, 1.807) is 0 Å². The first-order valence-corrected chi connectivity index (χ1v) is 23.1. The molecule has 302 valence electrons. The molecule has 1 saturated heterocycles. The maximum Gasteiger partial charge on any atom is 0.262 e. The minimum absolute atomic E-state index is 0.0520. The number of rotatable bonds is 6. The van der Waals surface area contributed by atoms with Gasteiger partial charge in [-0.2, -0.15) is 0 Å². The lowest BCUT2D eigenvalue weighted by atomic mass is 9.63. The van der Waals surface area contributed by atoms with E-state index in [9.17, 15) is 9.00 Å². The Labute approximate surface area is 336 Å². The fourth-order valence-corrected chi connectivity index (χ4v) is 13.2. The SMILES string of the molecule is C=S1(=O)NC(=O)c2ccc3c(c2)N(C[C@@H]2CC[C@H]2[C@](CN2CCN(C(C)C)[C@H](C)C2)(OC)/C=C/C[C@H](C)[C@H]1CCC)C[C@@]1(CCCc2cc(Cl)ccc21)CO3. The molecule has 3 aliphatic heterocycles. The Balaban J connectivity index is 1.31. The number of carbonyl (C=O) groups is 1. The van der Waals surface area contributed by atoms with Crippen LogP contribution < -0.4 is 14.4 Å². The van der Waals surface area contributed by atoms with Crippen LogP contribution in [-0.2, 0) is 26.3 Å². The van der Waals surface area contributed by atoms with E-state index in [0.29, 0.717) is 36.1 Å². The zero-order valence-electron chi connectivity index (χ0n) is 34.2. The molecule has 1 spiro atoms. The van der Waals surface area contributed by atoms with E-state index < -0.39 is 15.3 Å². The molecule has 5 aliphatic rings.